The summed E-state index contributed by atoms with van der Waals surface area (Å²) in [6, 6.07) is 0. The van der Waals surface area contributed by atoms with Crippen molar-refractivity contribution < 1.29 is 14.7 Å². The number of carboxylic acid groups (broad SMARTS) is 1. The van der Waals surface area contributed by atoms with E-state index < -0.39 is 10.3 Å². The Labute approximate surface area is 67.5 Å². The molecule has 0 aliphatic heterocycles. The number of carbonyl (C=O) groups excluding carboxylic acids is 1. The van der Waals surface area contributed by atoms with E-state index in [1.54, 1.807) is 6.92 Å². The third-order valence-electron chi connectivity index (χ3n) is 1.25. The zero-order valence-corrected chi connectivity index (χ0v) is 7.43. The van der Waals surface area contributed by atoms with Crippen molar-refractivity contribution in [2.45, 2.75) is 24.6 Å². The number of ketones is 1. The molecule has 0 amide bonds. The number of hydrogen-bond donors (Lipinski definition) is 1. The Kier molecular flexibility index (Phi) is 3.02. The lowest BCUT2D eigenvalue weighted by atomic mass is 10.1. The second-order valence-electron chi connectivity index (χ2n) is 2.08. The van der Waals surface area contributed by atoms with Crippen molar-refractivity contribution in [2.24, 2.45) is 0 Å². The molecule has 0 aromatic carbocycles. The fourth-order valence-corrected chi connectivity index (χ4v) is 0.732. The fourth-order valence-electron chi connectivity index (χ4n) is 0.451. The molecule has 0 spiro atoms. The van der Waals surface area contributed by atoms with Crippen molar-refractivity contribution in [1.82, 2.24) is 0 Å². The van der Waals surface area contributed by atoms with Crippen molar-refractivity contribution >= 4 is 27.7 Å². The Hall–Kier alpha value is -0.380. The molecule has 1 unspecified atom stereocenters. The Bertz CT molecular complexity index is 162. The van der Waals surface area contributed by atoms with Crippen LogP contribution in [-0.4, -0.2) is 21.2 Å². The summed E-state index contributed by atoms with van der Waals surface area (Å²) in [6.07, 6.45) is 0.230. The molecule has 0 aliphatic rings. The first-order valence-electron chi connectivity index (χ1n) is 2.88. The van der Waals surface area contributed by atoms with E-state index >= 15 is 0 Å². The van der Waals surface area contributed by atoms with Gasteiger partial charge in [0.25, 0.3) is 0 Å². The van der Waals surface area contributed by atoms with Gasteiger partial charge in [0.15, 0.2) is 10.1 Å². The highest BCUT2D eigenvalue weighted by atomic mass is 79.9. The number of aliphatic carboxylic acids is 1. The van der Waals surface area contributed by atoms with Gasteiger partial charge in [-0.2, -0.15) is 0 Å². The molecule has 1 N–H and O–H groups in total. The van der Waals surface area contributed by atoms with Crippen molar-refractivity contribution in [2.75, 3.05) is 0 Å². The third kappa shape index (κ3) is 1.80. The summed E-state index contributed by atoms with van der Waals surface area (Å²) in [5, 5.41) is 8.48. The number of Topliss-reactive ketones (excluding diaryl/α,β-unsaturated/α-hetero) is 1. The fraction of sp³-hybridized carbons (Fsp3) is 0.667. The zero-order chi connectivity index (χ0) is 8.36. The zero-order valence-electron chi connectivity index (χ0n) is 5.85. The molecule has 0 radical (unpaired) electrons. The average Bonchev–Trinajstić information content (AvgIpc) is 1.86. The number of carbonyl (C=O) groups is 2. The molecule has 3 nitrogen and oxygen atoms in total. The van der Waals surface area contributed by atoms with Crippen LogP contribution in [0.2, 0.25) is 0 Å². The number of carboxylic acids is 1. The minimum absolute atomic E-state index is 0.230. The summed E-state index contributed by atoms with van der Waals surface area (Å²) in [7, 11) is 0. The highest BCUT2D eigenvalue weighted by Crippen LogP contribution is 2.19. The van der Waals surface area contributed by atoms with Crippen LogP contribution < -0.4 is 0 Å². The van der Waals surface area contributed by atoms with E-state index in [2.05, 4.69) is 15.9 Å². The van der Waals surface area contributed by atoms with Gasteiger partial charge < -0.3 is 5.11 Å². The largest absolute Gasteiger partial charge is 0.480 e. The first-order chi connectivity index (χ1) is 4.42. The number of rotatable bonds is 3. The minimum Gasteiger partial charge on any atom is -0.480 e. The molecule has 0 saturated heterocycles. The Morgan fingerprint density at radius 1 is 1.60 bits per heavy atom. The van der Waals surface area contributed by atoms with Gasteiger partial charge in [-0.3, -0.25) is 9.59 Å². The lowest BCUT2D eigenvalue weighted by Gasteiger charge is -2.13. The van der Waals surface area contributed by atoms with Gasteiger partial charge in [-0.15, -0.1) is 0 Å². The summed E-state index contributed by atoms with van der Waals surface area (Å²) in [4.78, 5) is 21.2. The van der Waals surface area contributed by atoms with Gasteiger partial charge in [-0.1, -0.05) is 22.9 Å². The lowest BCUT2D eigenvalue weighted by molar-refractivity contribution is -0.142. The number of halogens is 1. The van der Waals surface area contributed by atoms with E-state index in [9.17, 15) is 9.59 Å². The lowest BCUT2D eigenvalue weighted by Crippen LogP contribution is -2.36. The normalized spacial score (nSPS) is 15.9. The molecule has 0 saturated carbocycles. The van der Waals surface area contributed by atoms with Crippen LogP contribution in [-0.2, 0) is 9.59 Å². The molecule has 4 heteroatoms. The average molecular weight is 209 g/mol. The van der Waals surface area contributed by atoms with Crippen LogP contribution in [0.4, 0.5) is 0 Å². The highest BCUT2D eigenvalue weighted by Gasteiger charge is 2.36. The molecule has 0 heterocycles. The molecule has 0 fully saturated rings. The Morgan fingerprint density at radius 2 is 2.00 bits per heavy atom. The molecule has 0 aromatic rings. The SMILES string of the molecule is CCC(=O)C(C)(Br)C(=O)O. The smallest absolute Gasteiger partial charge is 0.327 e. The van der Waals surface area contributed by atoms with E-state index in [-0.39, 0.29) is 12.2 Å². The molecule has 0 aromatic heterocycles. The van der Waals surface area contributed by atoms with E-state index in [0.717, 1.165) is 0 Å². The summed E-state index contributed by atoms with van der Waals surface area (Å²) < 4.78 is -1.40. The second kappa shape index (κ2) is 3.14. The van der Waals surface area contributed by atoms with Crippen molar-refractivity contribution in [1.29, 1.82) is 0 Å². The van der Waals surface area contributed by atoms with Crippen LogP contribution in [0.25, 0.3) is 0 Å². The molecule has 58 valence electrons. The molecular weight excluding hydrogens is 200 g/mol. The van der Waals surface area contributed by atoms with Crippen molar-refractivity contribution in [3.63, 3.8) is 0 Å². The number of alkyl halides is 1. The monoisotopic (exact) mass is 208 g/mol. The Morgan fingerprint density at radius 3 is 2.10 bits per heavy atom. The summed E-state index contributed by atoms with van der Waals surface area (Å²) >= 11 is 2.82. The molecule has 0 rings (SSSR count). The van der Waals surface area contributed by atoms with Crippen molar-refractivity contribution in [3.05, 3.63) is 0 Å². The van der Waals surface area contributed by atoms with Gasteiger partial charge in [0, 0.05) is 6.42 Å². The first-order valence-corrected chi connectivity index (χ1v) is 3.67. The maximum Gasteiger partial charge on any atom is 0.327 e. The van der Waals surface area contributed by atoms with Gasteiger partial charge in [0.1, 0.15) is 0 Å². The quantitative estimate of drug-likeness (QED) is 0.561. The molecule has 0 bridgehead atoms. The molecule has 1 atom stereocenters. The molecule has 10 heavy (non-hydrogen) atoms. The van der Waals surface area contributed by atoms with E-state index in [4.69, 9.17) is 5.11 Å². The highest BCUT2D eigenvalue weighted by molar-refractivity contribution is 9.10. The topological polar surface area (TPSA) is 54.4 Å². The predicted molar refractivity (Wildman–Crippen MR) is 40.3 cm³/mol. The van der Waals surface area contributed by atoms with Gasteiger partial charge in [-0.25, -0.2) is 0 Å². The van der Waals surface area contributed by atoms with Crippen molar-refractivity contribution in [3.8, 4) is 0 Å². The van der Waals surface area contributed by atoms with Crippen LogP contribution in [0.1, 0.15) is 20.3 Å². The van der Waals surface area contributed by atoms with Crippen LogP contribution in [0.5, 0.6) is 0 Å². The maximum absolute atomic E-state index is 10.8. The van der Waals surface area contributed by atoms with Crippen LogP contribution in [0.3, 0.4) is 0 Å². The van der Waals surface area contributed by atoms with Crippen LogP contribution in [0.15, 0.2) is 0 Å². The first kappa shape index (κ1) is 9.62. The summed E-state index contributed by atoms with van der Waals surface area (Å²) in [5.41, 5.74) is 0. The number of hydrogen-bond acceptors (Lipinski definition) is 2. The minimum atomic E-state index is -1.40. The van der Waals surface area contributed by atoms with Gasteiger partial charge in [-0.05, 0) is 6.92 Å². The second-order valence-corrected chi connectivity index (χ2v) is 3.67. The molecular formula is C6H9BrO3. The van der Waals surface area contributed by atoms with Gasteiger partial charge in [0.05, 0.1) is 0 Å². The van der Waals surface area contributed by atoms with Crippen LogP contribution >= 0.6 is 15.9 Å². The van der Waals surface area contributed by atoms with E-state index in [1.165, 1.54) is 6.92 Å². The third-order valence-corrected chi connectivity index (χ3v) is 2.03. The van der Waals surface area contributed by atoms with Crippen LogP contribution in [0, 0.1) is 0 Å². The van der Waals surface area contributed by atoms with E-state index in [1.807, 2.05) is 0 Å². The van der Waals surface area contributed by atoms with E-state index in [0.29, 0.717) is 0 Å². The Balaban J connectivity index is 4.40. The maximum atomic E-state index is 10.8. The van der Waals surface area contributed by atoms with Gasteiger partial charge in [0.2, 0.25) is 0 Å². The van der Waals surface area contributed by atoms with Gasteiger partial charge >= 0.3 is 5.97 Å². The molecule has 0 aliphatic carbocycles. The standard InChI is InChI=1S/C6H9BrO3/c1-3-4(8)6(2,7)5(9)10/h3H2,1-2H3,(H,9,10). The summed E-state index contributed by atoms with van der Waals surface area (Å²) in [6.45, 7) is 2.96. The predicted octanol–water partition coefficient (Wildman–Crippen LogP) is 1.20. The summed E-state index contributed by atoms with van der Waals surface area (Å²) in [5.74, 6) is -1.46.